The fourth-order valence-electron chi connectivity index (χ4n) is 1.95. The first-order chi connectivity index (χ1) is 11.0. The molecule has 23 heavy (non-hydrogen) atoms. The van der Waals surface area contributed by atoms with Gasteiger partial charge < -0.3 is 4.74 Å². The maximum absolute atomic E-state index is 11.9. The van der Waals surface area contributed by atoms with E-state index in [-0.39, 0.29) is 17.3 Å². The van der Waals surface area contributed by atoms with E-state index in [2.05, 4.69) is 10.5 Å². The Morgan fingerprint density at radius 2 is 2.09 bits per heavy atom. The van der Waals surface area contributed by atoms with Crippen LogP contribution in [0.15, 0.2) is 47.6 Å². The van der Waals surface area contributed by atoms with Crippen LogP contribution in [-0.2, 0) is 0 Å². The van der Waals surface area contributed by atoms with E-state index in [1.165, 1.54) is 25.5 Å². The summed E-state index contributed by atoms with van der Waals surface area (Å²) >= 11 is 0. The lowest BCUT2D eigenvalue weighted by Crippen LogP contribution is -2.17. The van der Waals surface area contributed by atoms with E-state index in [1.54, 1.807) is 24.3 Å². The molecule has 0 aliphatic rings. The molecule has 0 saturated heterocycles. The molecule has 0 atom stereocenters. The summed E-state index contributed by atoms with van der Waals surface area (Å²) in [6.07, 6.45) is 1.33. The highest BCUT2D eigenvalue weighted by Crippen LogP contribution is 2.26. The fourth-order valence-corrected chi connectivity index (χ4v) is 1.95. The van der Waals surface area contributed by atoms with Gasteiger partial charge in [0.25, 0.3) is 5.91 Å². The number of nitro groups is 1. The van der Waals surface area contributed by atoms with Gasteiger partial charge in [0.05, 0.1) is 18.2 Å². The third kappa shape index (κ3) is 4.13. The first-order valence-corrected chi connectivity index (χ1v) is 6.74. The van der Waals surface area contributed by atoms with Gasteiger partial charge in [0.15, 0.2) is 5.75 Å². The zero-order chi connectivity index (χ0) is 16.8. The minimum atomic E-state index is -0.540. The molecule has 0 spiro atoms. The van der Waals surface area contributed by atoms with Gasteiger partial charge in [0, 0.05) is 17.2 Å². The van der Waals surface area contributed by atoms with Crippen LogP contribution in [0.1, 0.15) is 21.5 Å². The number of carbonyl (C=O) groups excluding carboxylic acids is 1. The number of benzene rings is 2. The SMILES string of the molecule is COc1ccc(/C=N/NC(=O)c2cccc(C)c2)cc1[N+](=O)[O-]. The Labute approximate surface area is 132 Å². The summed E-state index contributed by atoms with van der Waals surface area (Å²) in [7, 11) is 1.36. The Morgan fingerprint density at radius 1 is 1.30 bits per heavy atom. The molecule has 2 aromatic rings. The topological polar surface area (TPSA) is 93.8 Å². The molecule has 7 heteroatoms. The molecule has 0 aromatic heterocycles. The largest absolute Gasteiger partial charge is 0.490 e. The van der Waals surface area contributed by atoms with E-state index >= 15 is 0 Å². The number of rotatable bonds is 5. The predicted molar refractivity (Wildman–Crippen MR) is 85.9 cm³/mol. The van der Waals surface area contributed by atoms with E-state index in [1.807, 2.05) is 13.0 Å². The van der Waals surface area contributed by atoms with Gasteiger partial charge in [-0.25, -0.2) is 5.43 Å². The van der Waals surface area contributed by atoms with Crippen LogP contribution in [0, 0.1) is 17.0 Å². The minimum Gasteiger partial charge on any atom is -0.490 e. The van der Waals surface area contributed by atoms with Crippen molar-refractivity contribution in [3.63, 3.8) is 0 Å². The van der Waals surface area contributed by atoms with Crippen LogP contribution in [-0.4, -0.2) is 24.2 Å². The van der Waals surface area contributed by atoms with Crippen LogP contribution < -0.4 is 10.2 Å². The van der Waals surface area contributed by atoms with E-state index < -0.39 is 4.92 Å². The van der Waals surface area contributed by atoms with E-state index in [0.29, 0.717) is 11.1 Å². The Bertz CT molecular complexity index is 772. The average Bonchev–Trinajstić information content (AvgIpc) is 2.54. The lowest BCUT2D eigenvalue weighted by atomic mass is 10.1. The number of hydrogen-bond donors (Lipinski definition) is 1. The number of hydrazone groups is 1. The van der Waals surface area contributed by atoms with Crippen molar-refractivity contribution in [1.29, 1.82) is 0 Å². The van der Waals surface area contributed by atoms with Gasteiger partial charge in [-0.05, 0) is 31.2 Å². The number of methoxy groups -OCH3 is 1. The van der Waals surface area contributed by atoms with Gasteiger partial charge in [-0.1, -0.05) is 17.7 Å². The van der Waals surface area contributed by atoms with Crippen LogP contribution in [0.5, 0.6) is 5.75 Å². The molecular weight excluding hydrogens is 298 g/mol. The second-order valence-corrected chi connectivity index (χ2v) is 4.76. The van der Waals surface area contributed by atoms with Crippen molar-refractivity contribution in [2.45, 2.75) is 6.92 Å². The number of hydrogen-bond acceptors (Lipinski definition) is 5. The molecule has 0 bridgehead atoms. The van der Waals surface area contributed by atoms with Gasteiger partial charge in [-0.15, -0.1) is 0 Å². The van der Waals surface area contributed by atoms with Crippen molar-refractivity contribution < 1.29 is 14.5 Å². The van der Waals surface area contributed by atoms with Gasteiger partial charge in [-0.2, -0.15) is 5.10 Å². The highest BCUT2D eigenvalue weighted by molar-refractivity contribution is 5.95. The fraction of sp³-hybridized carbons (Fsp3) is 0.125. The smallest absolute Gasteiger partial charge is 0.311 e. The van der Waals surface area contributed by atoms with Crippen molar-refractivity contribution in [3.05, 3.63) is 69.3 Å². The number of aryl methyl sites for hydroxylation is 1. The summed E-state index contributed by atoms with van der Waals surface area (Å²) in [5.41, 5.74) is 4.14. The van der Waals surface area contributed by atoms with Crippen LogP contribution in [0.25, 0.3) is 0 Å². The van der Waals surface area contributed by atoms with E-state index in [4.69, 9.17) is 4.74 Å². The van der Waals surface area contributed by atoms with Crippen molar-refractivity contribution >= 4 is 17.8 Å². The highest BCUT2D eigenvalue weighted by Gasteiger charge is 2.14. The van der Waals surface area contributed by atoms with Crippen molar-refractivity contribution in [2.24, 2.45) is 5.10 Å². The Kier molecular flexibility index (Phi) is 5.03. The molecule has 0 aliphatic carbocycles. The number of nitro benzene ring substituents is 1. The zero-order valence-corrected chi connectivity index (χ0v) is 12.6. The van der Waals surface area contributed by atoms with Crippen molar-refractivity contribution in [1.82, 2.24) is 5.43 Å². The van der Waals surface area contributed by atoms with E-state index in [0.717, 1.165) is 5.56 Å². The molecular formula is C16H15N3O4. The maximum atomic E-state index is 11.9. The first kappa shape index (κ1) is 16.2. The molecule has 1 amide bonds. The second kappa shape index (κ2) is 7.17. The Hall–Kier alpha value is -3.22. The highest BCUT2D eigenvalue weighted by atomic mass is 16.6. The van der Waals surface area contributed by atoms with E-state index in [9.17, 15) is 14.9 Å². The standard InChI is InChI=1S/C16H15N3O4/c1-11-4-3-5-13(8-11)16(20)18-17-10-12-6-7-15(23-2)14(9-12)19(21)22/h3-10H,1-2H3,(H,18,20)/b17-10+. The second-order valence-electron chi connectivity index (χ2n) is 4.76. The third-order valence-corrected chi connectivity index (χ3v) is 3.06. The minimum absolute atomic E-state index is 0.163. The van der Waals surface area contributed by atoms with Crippen LogP contribution >= 0.6 is 0 Å². The lowest BCUT2D eigenvalue weighted by Gasteiger charge is -2.02. The Morgan fingerprint density at radius 3 is 2.74 bits per heavy atom. The predicted octanol–water partition coefficient (Wildman–Crippen LogP) is 2.68. The third-order valence-electron chi connectivity index (χ3n) is 3.06. The molecule has 0 saturated carbocycles. The number of ether oxygens (including phenoxy) is 1. The number of carbonyl (C=O) groups is 1. The summed E-state index contributed by atoms with van der Waals surface area (Å²) in [4.78, 5) is 22.3. The Balaban J connectivity index is 2.10. The molecule has 2 rings (SSSR count). The molecule has 1 N–H and O–H groups in total. The summed E-state index contributed by atoms with van der Waals surface area (Å²) < 4.78 is 4.92. The number of amides is 1. The van der Waals surface area contributed by atoms with Crippen LogP contribution in [0.2, 0.25) is 0 Å². The van der Waals surface area contributed by atoms with Crippen molar-refractivity contribution in [3.8, 4) is 5.75 Å². The molecule has 118 valence electrons. The lowest BCUT2D eigenvalue weighted by molar-refractivity contribution is -0.385. The number of nitrogens with one attached hydrogen (secondary N) is 1. The molecule has 0 radical (unpaired) electrons. The van der Waals surface area contributed by atoms with Crippen LogP contribution in [0.3, 0.4) is 0 Å². The van der Waals surface area contributed by atoms with Crippen molar-refractivity contribution in [2.75, 3.05) is 7.11 Å². The van der Waals surface area contributed by atoms with Gasteiger partial charge in [0.1, 0.15) is 0 Å². The maximum Gasteiger partial charge on any atom is 0.311 e. The molecule has 0 heterocycles. The van der Waals surface area contributed by atoms with Crippen LogP contribution in [0.4, 0.5) is 5.69 Å². The summed E-state index contributed by atoms with van der Waals surface area (Å²) in [6.45, 7) is 1.89. The molecule has 7 nitrogen and oxygen atoms in total. The van der Waals surface area contributed by atoms with Gasteiger partial charge in [0.2, 0.25) is 0 Å². The summed E-state index contributed by atoms with van der Waals surface area (Å²) in [5.74, 6) is -0.191. The quantitative estimate of drug-likeness (QED) is 0.521. The normalized spacial score (nSPS) is 10.5. The van der Waals surface area contributed by atoms with Gasteiger partial charge in [-0.3, -0.25) is 14.9 Å². The molecule has 0 aliphatic heterocycles. The summed E-state index contributed by atoms with van der Waals surface area (Å²) in [5, 5.41) is 14.8. The monoisotopic (exact) mass is 313 g/mol. The zero-order valence-electron chi connectivity index (χ0n) is 12.6. The molecule has 2 aromatic carbocycles. The first-order valence-electron chi connectivity index (χ1n) is 6.74. The molecule has 0 fully saturated rings. The van der Waals surface area contributed by atoms with Gasteiger partial charge >= 0.3 is 5.69 Å². The summed E-state index contributed by atoms with van der Waals surface area (Å²) in [6, 6.07) is 11.5. The average molecular weight is 313 g/mol. The number of nitrogens with zero attached hydrogens (tertiary/aromatic N) is 2. The molecule has 0 unspecified atom stereocenters.